The van der Waals surface area contributed by atoms with Crippen LogP contribution in [0.5, 0.6) is 0 Å². The topological polar surface area (TPSA) is 71.8 Å². The minimum Gasteiger partial charge on any atom is -0.469 e. The number of nitrogens with one attached hydrogen (secondary N) is 1. The number of rotatable bonds is 7. The molecule has 1 atom stereocenters. The average molecular weight is 384 g/mol. The van der Waals surface area contributed by atoms with E-state index in [4.69, 9.17) is 9.15 Å². The van der Waals surface area contributed by atoms with Gasteiger partial charge in [-0.3, -0.25) is 9.59 Å². The third-order valence-electron chi connectivity index (χ3n) is 5.22. The van der Waals surface area contributed by atoms with E-state index < -0.39 is 0 Å². The molecule has 1 N–H and O–H groups in total. The Morgan fingerprint density at radius 2 is 2.00 bits per heavy atom. The van der Waals surface area contributed by atoms with Crippen LogP contribution >= 0.6 is 0 Å². The van der Waals surface area contributed by atoms with Crippen molar-refractivity contribution < 1.29 is 18.7 Å². The molecule has 2 aromatic rings. The van der Waals surface area contributed by atoms with Gasteiger partial charge in [0.1, 0.15) is 5.76 Å². The summed E-state index contributed by atoms with van der Waals surface area (Å²) in [5, 5.41) is 2.92. The summed E-state index contributed by atoms with van der Waals surface area (Å²) in [4.78, 5) is 27.1. The summed E-state index contributed by atoms with van der Waals surface area (Å²) in [5.41, 5.74) is 3.62. The van der Waals surface area contributed by atoms with Gasteiger partial charge in [0.05, 0.1) is 17.9 Å². The molecular formula is C22H28N2O4. The summed E-state index contributed by atoms with van der Waals surface area (Å²) in [6.45, 7) is 7.36. The molecule has 0 bridgehead atoms. The fourth-order valence-electron chi connectivity index (χ4n) is 3.37. The zero-order chi connectivity index (χ0) is 20.1. The van der Waals surface area contributed by atoms with Crippen LogP contribution < -0.4 is 5.32 Å². The first-order valence-corrected chi connectivity index (χ1v) is 9.76. The van der Waals surface area contributed by atoms with Gasteiger partial charge in [-0.1, -0.05) is 6.07 Å². The minimum absolute atomic E-state index is 0.0268. The molecule has 0 saturated carbocycles. The van der Waals surface area contributed by atoms with Gasteiger partial charge in [0.25, 0.3) is 5.91 Å². The third-order valence-corrected chi connectivity index (χ3v) is 5.22. The second-order valence-corrected chi connectivity index (χ2v) is 7.37. The van der Waals surface area contributed by atoms with Crippen LogP contribution in [0.25, 0.3) is 0 Å². The Morgan fingerprint density at radius 3 is 2.64 bits per heavy atom. The SMILES string of the molecule is Cc1ccc(NC(=O)CCN(C[C@@H]2CCCO2)C(=O)c2ccoc2C)cc1C. The van der Waals surface area contributed by atoms with Crippen molar-refractivity contribution in [2.24, 2.45) is 0 Å². The number of carbonyl (C=O) groups excluding carboxylic acids is 2. The number of benzene rings is 1. The van der Waals surface area contributed by atoms with Gasteiger partial charge < -0.3 is 19.4 Å². The number of furan rings is 1. The van der Waals surface area contributed by atoms with E-state index >= 15 is 0 Å². The highest BCUT2D eigenvalue weighted by Gasteiger charge is 2.25. The van der Waals surface area contributed by atoms with Crippen LogP contribution in [0.15, 0.2) is 34.9 Å². The number of aryl methyl sites for hydroxylation is 3. The molecule has 0 unspecified atom stereocenters. The van der Waals surface area contributed by atoms with Gasteiger partial charge in [0.15, 0.2) is 0 Å². The Kier molecular flexibility index (Phi) is 6.52. The van der Waals surface area contributed by atoms with E-state index in [1.807, 2.05) is 32.0 Å². The van der Waals surface area contributed by atoms with E-state index in [-0.39, 0.29) is 24.3 Å². The van der Waals surface area contributed by atoms with Gasteiger partial charge in [-0.15, -0.1) is 0 Å². The molecule has 1 aliphatic rings. The number of amides is 2. The highest BCUT2D eigenvalue weighted by molar-refractivity contribution is 5.96. The maximum Gasteiger partial charge on any atom is 0.257 e. The summed E-state index contributed by atoms with van der Waals surface area (Å²) in [6.07, 6.45) is 3.70. The molecule has 3 rings (SSSR count). The van der Waals surface area contributed by atoms with Crippen LogP contribution in [0, 0.1) is 20.8 Å². The fraction of sp³-hybridized carbons (Fsp3) is 0.455. The fourth-order valence-corrected chi connectivity index (χ4v) is 3.37. The largest absolute Gasteiger partial charge is 0.469 e. The molecule has 2 heterocycles. The molecular weight excluding hydrogens is 356 g/mol. The van der Waals surface area contributed by atoms with Crippen molar-refractivity contribution in [3.63, 3.8) is 0 Å². The van der Waals surface area contributed by atoms with Crippen LogP contribution in [-0.4, -0.2) is 42.5 Å². The Bertz CT molecular complexity index is 837. The monoisotopic (exact) mass is 384 g/mol. The zero-order valence-corrected chi connectivity index (χ0v) is 16.8. The quantitative estimate of drug-likeness (QED) is 0.787. The second-order valence-electron chi connectivity index (χ2n) is 7.37. The highest BCUT2D eigenvalue weighted by atomic mass is 16.5. The number of ether oxygens (including phenoxy) is 1. The van der Waals surface area contributed by atoms with E-state index in [0.29, 0.717) is 24.4 Å². The van der Waals surface area contributed by atoms with Gasteiger partial charge >= 0.3 is 0 Å². The molecule has 6 nitrogen and oxygen atoms in total. The maximum atomic E-state index is 12.9. The van der Waals surface area contributed by atoms with Crippen molar-refractivity contribution in [1.29, 1.82) is 0 Å². The number of hydrogen-bond donors (Lipinski definition) is 1. The summed E-state index contributed by atoms with van der Waals surface area (Å²) < 4.78 is 11.0. The molecule has 0 aliphatic carbocycles. The molecule has 1 aromatic carbocycles. The smallest absolute Gasteiger partial charge is 0.257 e. The van der Waals surface area contributed by atoms with Crippen molar-refractivity contribution in [2.45, 2.75) is 46.1 Å². The third kappa shape index (κ3) is 5.01. The molecule has 6 heteroatoms. The predicted molar refractivity (Wildman–Crippen MR) is 107 cm³/mol. The minimum atomic E-state index is -0.124. The molecule has 2 amide bonds. The van der Waals surface area contributed by atoms with E-state index in [0.717, 1.165) is 30.7 Å². The van der Waals surface area contributed by atoms with Crippen LogP contribution in [0.1, 0.15) is 46.5 Å². The van der Waals surface area contributed by atoms with Crippen LogP contribution in [-0.2, 0) is 9.53 Å². The van der Waals surface area contributed by atoms with Crippen molar-refractivity contribution in [3.05, 3.63) is 53.0 Å². The summed E-state index contributed by atoms with van der Waals surface area (Å²) in [7, 11) is 0. The van der Waals surface area contributed by atoms with E-state index in [1.54, 1.807) is 17.9 Å². The van der Waals surface area contributed by atoms with E-state index in [9.17, 15) is 9.59 Å². The summed E-state index contributed by atoms with van der Waals surface area (Å²) >= 11 is 0. The van der Waals surface area contributed by atoms with Crippen molar-refractivity contribution in [3.8, 4) is 0 Å². The van der Waals surface area contributed by atoms with Gasteiger partial charge in [-0.2, -0.15) is 0 Å². The normalized spacial score (nSPS) is 16.2. The molecule has 1 aromatic heterocycles. The lowest BCUT2D eigenvalue weighted by Gasteiger charge is -2.25. The maximum absolute atomic E-state index is 12.9. The number of nitrogens with zero attached hydrogens (tertiary/aromatic N) is 1. The Hall–Kier alpha value is -2.60. The van der Waals surface area contributed by atoms with E-state index in [2.05, 4.69) is 5.32 Å². The molecule has 1 aliphatic heterocycles. The highest BCUT2D eigenvalue weighted by Crippen LogP contribution is 2.18. The van der Waals surface area contributed by atoms with E-state index in [1.165, 1.54) is 11.8 Å². The lowest BCUT2D eigenvalue weighted by atomic mass is 10.1. The first-order valence-electron chi connectivity index (χ1n) is 9.76. The average Bonchev–Trinajstić information content (AvgIpc) is 3.32. The van der Waals surface area contributed by atoms with Crippen LogP contribution in [0.4, 0.5) is 5.69 Å². The molecule has 150 valence electrons. The lowest BCUT2D eigenvalue weighted by Crippen LogP contribution is -2.39. The van der Waals surface area contributed by atoms with Crippen molar-refractivity contribution in [2.75, 3.05) is 25.0 Å². The molecule has 1 saturated heterocycles. The standard InChI is InChI=1S/C22H28N2O4/c1-15-6-7-18(13-16(15)2)23-21(25)8-10-24(14-19-5-4-11-28-19)22(26)20-9-12-27-17(20)3/h6-7,9,12-13,19H,4-5,8,10-11,14H2,1-3H3,(H,23,25)/t19-/m0/s1. The molecule has 28 heavy (non-hydrogen) atoms. The lowest BCUT2D eigenvalue weighted by molar-refractivity contribution is -0.116. The Balaban J connectivity index is 1.63. The molecule has 0 radical (unpaired) electrons. The molecule has 1 fully saturated rings. The molecule has 0 spiro atoms. The predicted octanol–water partition coefficient (Wildman–Crippen LogP) is 3.85. The first kappa shape index (κ1) is 20.1. The number of anilines is 1. The van der Waals surface area contributed by atoms with Gasteiger partial charge in [-0.25, -0.2) is 0 Å². The number of hydrogen-bond acceptors (Lipinski definition) is 4. The zero-order valence-electron chi connectivity index (χ0n) is 16.8. The van der Waals surface area contributed by atoms with Crippen LogP contribution in [0.3, 0.4) is 0 Å². The van der Waals surface area contributed by atoms with Crippen LogP contribution in [0.2, 0.25) is 0 Å². The number of carbonyl (C=O) groups is 2. The van der Waals surface area contributed by atoms with Crippen molar-refractivity contribution in [1.82, 2.24) is 4.90 Å². The second kappa shape index (κ2) is 9.06. The first-order chi connectivity index (χ1) is 13.4. The Labute approximate surface area is 165 Å². The van der Waals surface area contributed by atoms with Gasteiger partial charge in [0, 0.05) is 31.8 Å². The Morgan fingerprint density at radius 1 is 1.18 bits per heavy atom. The summed E-state index contributed by atoms with van der Waals surface area (Å²) in [5.74, 6) is 0.347. The summed E-state index contributed by atoms with van der Waals surface area (Å²) in [6, 6.07) is 7.51. The van der Waals surface area contributed by atoms with Crippen molar-refractivity contribution >= 4 is 17.5 Å². The van der Waals surface area contributed by atoms with Gasteiger partial charge in [0.2, 0.25) is 5.91 Å². The van der Waals surface area contributed by atoms with Gasteiger partial charge in [-0.05, 0) is 62.9 Å².